The molecule has 0 aliphatic heterocycles. The maximum Gasteiger partial charge on any atom is 0.343 e. The molecule has 1 unspecified atom stereocenters. The van der Waals surface area contributed by atoms with Gasteiger partial charge in [-0.3, -0.25) is 10.1 Å². The number of hydrogen-bond acceptors (Lipinski definition) is 6. The number of nitro groups is 1. The fourth-order valence-corrected chi connectivity index (χ4v) is 1.30. The Kier molecular flexibility index (Phi) is 4.61. The number of methoxy groups -OCH3 is 1. The number of esters is 1. The van der Waals surface area contributed by atoms with Crippen molar-refractivity contribution in [1.82, 2.24) is 0 Å². The molecule has 0 fully saturated rings. The van der Waals surface area contributed by atoms with Crippen LogP contribution in [0.15, 0.2) is 18.2 Å². The number of aliphatic hydroxyl groups excluding tert-OH is 1. The zero-order valence-corrected chi connectivity index (χ0v) is 9.95. The van der Waals surface area contributed by atoms with Crippen LogP contribution >= 0.6 is 0 Å². The molecule has 7 nitrogen and oxygen atoms in total. The van der Waals surface area contributed by atoms with E-state index in [1.807, 2.05) is 0 Å². The number of aliphatic hydroxyl groups is 1. The van der Waals surface area contributed by atoms with E-state index in [2.05, 4.69) is 4.74 Å². The molecule has 0 radical (unpaired) electrons. The second kappa shape index (κ2) is 5.97. The van der Waals surface area contributed by atoms with Crippen LogP contribution < -0.4 is 4.74 Å². The van der Waals surface area contributed by atoms with Crippen LogP contribution in [0.25, 0.3) is 0 Å². The molecule has 0 aromatic heterocycles. The van der Waals surface area contributed by atoms with Crippen LogP contribution in [0, 0.1) is 10.1 Å². The molecule has 98 valence electrons. The summed E-state index contributed by atoms with van der Waals surface area (Å²) in [5, 5.41) is 20.1. The highest BCUT2D eigenvalue weighted by molar-refractivity contribution is 5.71. The number of non-ortho nitro benzene ring substituents is 1. The molecule has 1 atom stereocenters. The Balaban J connectivity index is 2.97. The number of benzene rings is 1. The van der Waals surface area contributed by atoms with Crippen LogP contribution in [0.1, 0.15) is 18.6 Å². The molecule has 1 aromatic carbocycles. The van der Waals surface area contributed by atoms with Gasteiger partial charge in [-0.05, 0) is 13.0 Å². The fourth-order valence-electron chi connectivity index (χ4n) is 1.30. The van der Waals surface area contributed by atoms with Crippen LogP contribution in [0.4, 0.5) is 5.69 Å². The minimum atomic E-state index is -0.947. The number of carbonyl (C=O) groups excluding carboxylic acids is 1. The van der Waals surface area contributed by atoms with Gasteiger partial charge in [0, 0.05) is 17.7 Å². The monoisotopic (exact) mass is 255 g/mol. The predicted molar refractivity (Wildman–Crippen MR) is 61.2 cm³/mol. The van der Waals surface area contributed by atoms with Crippen molar-refractivity contribution >= 4 is 11.7 Å². The summed E-state index contributed by atoms with van der Waals surface area (Å²) in [6.45, 7) is 1.12. The molecule has 1 aromatic rings. The molecule has 0 aliphatic carbocycles. The third-order valence-corrected chi connectivity index (χ3v) is 2.23. The Hall–Kier alpha value is -2.15. The lowest BCUT2D eigenvalue weighted by molar-refractivity contribution is -0.385. The number of hydrogen-bond donors (Lipinski definition) is 1. The van der Waals surface area contributed by atoms with E-state index in [0.29, 0.717) is 0 Å². The Labute approximate surface area is 103 Å². The van der Waals surface area contributed by atoms with Crippen LogP contribution in [-0.2, 0) is 9.53 Å². The molecular weight excluding hydrogens is 242 g/mol. The normalized spacial score (nSPS) is 11.7. The molecule has 7 heteroatoms. The van der Waals surface area contributed by atoms with Gasteiger partial charge in [0.2, 0.25) is 0 Å². The lowest BCUT2D eigenvalue weighted by Gasteiger charge is -2.12. The van der Waals surface area contributed by atoms with E-state index >= 15 is 0 Å². The molecular formula is C11H13NO6. The quantitative estimate of drug-likeness (QED) is 0.482. The van der Waals surface area contributed by atoms with Crippen LogP contribution in [-0.4, -0.2) is 29.7 Å². The number of nitrogens with zero attached hydrogens (tertiary/aromatic N) is 1. The zero-order chi connectivity index (χ0) is 13.7. The Morgan fingerprint density at radius 1 is 1.56 bits per heavy atom. The van der Waals surface area contributed by atoms with Crippen molar-refractivity contribution in [3.63, 3.8) is 0 Å². The van der Waals surface area contributed by atoms with E-state index in [0.717, 1.165) is 0 Å². The van der Waals surface area contributed by atoms with E-state index < -0.39 is 17.0 Å². The topological polar surface area (TPSA) is 98.9 Å². The second-order valence-corrected chi connectivity index (χ2v) is 3.52. The van der Waals surface area contributed by atoms with Crippen molar-refractivity contribution in [2.24, 2.45) is 0 Å². The molecule has 0 saturated carbocycles. The van der Waals surface area contributed by atoms with E-state index in [1.54, 1.807) is 0 Å². The van der Waals surface area contributed by atoms with Gasteiger partial charge in [-0.15, -0.1) is 0 Å². The summed E-state index contributed by atoms with van der Waals surface area (Å²) >= 11 is 0. The molecule has 1 N–H and O–H groups in total. The first kappa shape index (κ1) is 13.9. The molecule has 0 amide bonds. The van der Waals surface area contributed by atoms with Crippen molar-refractivity contribution < 1.29 is 24.3 Å². The van der Waals surface area contributed by atoms with Crippen LogP contribution in [0.2, 0.25) is 0 Å². The van der Waals surface area contributed by atoms with Gasteiger partial charge >= 0.3 is 5.97 Å². The van der Waals surface area contributed by atoms with Crippen LogP contribution in [0.3, 0.4) is 0 Å². The van der Waals surface area contributed by atoms with Crippen molar-refractivity contribution in [2.75, 3.05) is 13.7 Å². The van der Waals surface area contributed by atoms with Gasteiger partial charge in [0.25, 0.3) is 5.69 Å². The Morgan fingerprint density at radius 2 is 2.22 bits per heavy atom. The van der Waals surface area contributed by atoms with E-state index in [4.69, 9.17) is 4.74 Å². The number of carbonyl (C=O) groups is 1. The Morgan fingerprint density at radius 3 is 2.72 bits per heavy atom. The van der Waals surface area contributed by atoms with Gasteiger partial charge in [-0.1, -0.05) is 0 Å². The Bertz CT molecular complexity index is 457. The minimum Gasteiger partial charge on any atom is -0.482 e. The molecule has 0 spiro atoms. The maximum absolute atomic E-state index is 10.9. The van der Waals surface area contributed by atoms with Crippen molar-refractivity contribution in [3.8, 4) is 5.75 Å². The molecule has 1 rings (SSSR count). The fraction of sp³-hybridized carbons (Fsp3) is 0.364. The zero-order valence-electron chi connectivity index (χ0n) is 9.95. The highest BCUT2D eigenvalue weighted by Crippen LogP contribution is 2.29. The molecule has 0 heterocycles. The van der Waals surface area contributed by atoms with E-state index in [-0.39, 0.29) is 23.6 Å². The van der Waals surface area contributed by atoms with Gasteiger partial charge in [-0.25, -0.2) is 4.79 Å². The standard InChI is InChI=1S/C11H13NO6/c1-7(13)9-5-8(12(15)16)3-4-10(9)18-6-11(14)17-2/h3-5,7,13H,6H2,1-2H3. The van der Waals surface area contributed by atoms with E-state index in [1.165, 1.54) is 32.2 Å². The van der Waals surface area contributed by atoms with Gasteiger partial charge < -0.3 is 14.6 Å². The van der Waals surface area contributed by atoms with E-state index in [9.17, 15) is 20.0 Å². The SMILES string of the molecule is COC(=O)COc1ccc([N+](=O)[O-])cc1C(C)O. The molecule has 0 bridgehead atoms. The van der Waals surface area contributed by atoms with Gasteiger partial charge in [0.1, 0.15) is 5.75 Å². The number of nitro benzene ring substituents is 1. The maximum atomic E-state index is 10.9. The summed E-state index contributed by atoms with van der Waals surface area (Å²) < 4.78 is 9.53. The lowest BCUT2D eigenvalue weighted by atomic mass is 10.1. The largest absolute Gasteiger partial charge is 0.482 e. The highest BCUT2D eigenvalue weighted by atomic mass is 16.6. The summed E-state index contributed by atoms with van der Waals surface area (Å²) in [5.41, 5.74) is 0.0874. The smallest absolute Gasteiger partial charge is 0.343 e. The first-order chi connectivity index (χ1) is 8.45. The predicted octanol–water partition coefficient (Wildman–Crippen LogP) is 1.20. The van der Waals surface area contributed by atoms with Gasteiger partial charge in [-0.2, -0.15) is 0 Å². The third kappa shape index (κ3) is 3.42. The lowest BCUT2D eigenvalue weighted by Crippen LogP contribution is -2.13. The molecule has 0 aliphatic rings. The summed E-state index contributed by atoms with van der Waals surface area (Å²) in [6.07, 6.45) is -0.947. The summed E-state index contributed by atoms with van der Waals surface area (Å²) in [4.78, 5) is 21.0. The minimum absolute atomic E-state index is 0.156. The van der Waals surface area contributed by atoms with Crippen molar-refractivity contribution in [3.05, 3.63) is 33.9 Å². The summed E-state index contributed by atoms with van der Waals surface area (Å²) in [6, 6.07) is 3.78. The van der Waals surface area contributed by atoms with Gasteiger partial charge in [0.15, 0.2) is 6.61 Å². The van der Waals surface area contributed by atoms with Crippen LogP contribution in [0.5, 0.6) is 5.75 Å². The molecule has 18 heavy (non-hydrogen) atoms. The number of rotatable bonds is 5. The number of ether oxygens (including phenoxy) is 2. The molecule has 0 saturated heterocycles. The average Bonchev–Trinajstić information content (AvgIpc) is 2.35. The van der Waals surface area contributed by atoms with Crippen molar-refractivity contribution in [1.29, 1.82) is 0 Å². The van der Waals surface area contributed by atoms with Crippen molar-refractivity contribution in [2.45, 2.75) is 13.0 Å². The average molecular weight is 255 g/mol. The van der Waals surface area contributed by atoms with Gasteiger partial charge in [0.05, 0.1) is 18.1 Å². The first-order valence-electron chi connectivity index (χ1n) is 5.11. The summed E-state index contributed by atoms with van der Waals surface area (Å²) in [7, 11) is 1.22. The highest BCUT2D eigenvalue weighted by Gasteiger charge is 2.16. The third-order valence-electron chi connectivity index (χ3n) is 2.23. The first-order valence-corrected chi connectivity index (χ1v) is 5.11. The second-order valence-electron chi connectivity index (χ2n) is 3.52. The summed E-state index contributed by atoms with van der Waals surface area (Å²) in [5.74, 6) is -0.370.